The van der Waals surface area contributed by atoms with Gasteiger partial charge in [-0.25, -0.2) is 8.78 Å². The quantitative estimate of drug-likeness (QED) is 0.756. The van der Waals surface area contributed by atoms with Gasteiger partial charge in [0.25, 0.3) is 0 Å². The van der Waals surface area contributed by atoms with E-state index in [-0.39, 0.29) is 11.9 Å². The Bertz CT molecular complexity index is 369. The summed E-state index contributed by atoms with van der Waals surface area (Å²) in [5, 5.41) is 3.23. The molecular formula is C14H21F2NO. The minimum Gasteiger partial charge on any atom is -0.486 e. The van der Waals surface area contributed by atoms with Gasteiger partial charge in [0, 0.05) is 12.6 Å². The molecule has 0 heterocycles. The number of nitrogens with one attached hydrogen (secondary N) is 1. The number of hydrogen-bond donors (Lipinski definition) is 1. The largest absolute Gasteiger partial charge is 0.486 e. The van der Waals surface area contributed by atoms with E-state index < -0.39 is 11.6 Å². The second-order valence-electron chi connectivity index (χ2n) is 4.89. The van der Waals surface area contributed by atoms with Crippen molar-refractivity contribution in [2.45, 2.75) is 33.3 Å². The van der Waals surface area contributed by atoms with E-state index in [2.05, 4.69) is 19.2 Å². The molecule has 0 bridgehead atoms. The summed E-state index contributed by atoms with van der Waals surface area (Å²) < 4.78 is 31.6. The highest BCUT2D eigenvalue weighted by Gasteiger charge is 2.09. The van der Waals surface area contributed by atoms with Crippen LogP contribution >= 0.6 is 0 Å². The van der Waals surface area contributed by atoms with E-state index in [0.29, 0.717) is 12.5 Å². The van der Waals surface area contributed by atoms with Gasteiger partial charge in [-0.3, -0.25) is 0 Å². The highest BCUT2D eigenvalue weighted by molar-refractivity contribution is 5.25. The van der Waals surface area contributed by atoms with Crippen molar-refractivity contribution in [3.05, 3.63) is 29.8 Å². The van der Waals surface area contributed by atoms with Gasteiger partial charge in [-0.15, -0.1) is 0 Å². The van der Waals surface area contributed by atoms with E-state index >= 15 is 0 Å². The molecule has 0 saturated heterocycles. The summed E-state index contributed by atoms with van der Waals surface area (Å²) in [7, 11) is 0. The Kier molecular flexibility index (Phi) is 6.05. The molecule has 1 aromatic rings. The molecule has 1 aromatic carbocycles. The number of halogens is 2. The van der Waals surface area contributed by atoms with Crippen molar-refractivity contribution >= 4 is 0 Å². The molecule has 102 valence electrons. The molecule has 0 radical (unpaired) electrons. The number of rotatable bonds is 7. The molecule has 1 N–H and O–H groups in total. The lowest BCUT2D eigenvalue weighted by molar-refractivity contribution is 0.206. The zero-order valence-electron chi connectivity index (χ0n) is 11.2. The Morgan fingerprint density at radius 1 is 1.22 bits per heavy atom. The van der Waals surface area contributed by atoms with E-state index in [1.165, 1.54) is 0 Å². The Balaban J connectivity index is 2.35. The molecule has 0 fully saturated rings. The Morgan fingerprint density at radius 3 is 2.61 bits per heavy atom. The summed E-state index contributed by atoms with van der Waals surface area (Å²) in [6.07, 6.45) is 0.884. The highest BCUT2D eigenvalue weighted by atomic mass is 19.1. The van der Waals surface area contributed by atoms with E-state index in [0.717, 1.165) is 31.2 Å². The number of hydrogen-bond acceptors (Lipinski definition) is 2. The molecule has 0 aliphatic heterocycles. The van der Waals surface area contributed by atoms with Crippen LogP contribution in [0.2, 0.25) is 0 Å². The predicted octanol–water partition coefficient (Wildman–Crippen LogP) is 3.37. The lowest BCUT2D eigenvalue weighted by Gasteiger charge is -2.16. The van der Waals surface area contributed by atoms with Gasteiger partial charge in [0.05, 0.1) is 0 Å². The van der Waals surface area contributed by atoms with Gasteiger partial charge in [0.15, 0.2) is 11.6 Å². The van der Waals surface area contributed by atoms with Crippen LogP contribution in [-0.2, 0) is 0 Å². The van der Waals surface area contributed by atoms with Crippen LogP contribution < -0.4 is 10.1 Å². The van der Waals surface area contributed by atoms with Crippen molar-refractivity contribution in [2.24, 2.45) is 5.92 Å². The average Bonchev–Trinajstić information content (AvgIpc) is 2.29. The first-order valence-corrected chi connectivity index (χ1v) is 6.31. The van der Waals surface area contributed by atoms with Crippen LogP contribution in [0.5, 0.6) is 5.75 Å². The maximum atomic E-state index is 13.3. The monoisotopic (exact) mass is 257 g/mol. The molecule has 0 aromatic heterocycles. The summed E-state index contributed by atoms with van der Waals surface area (Å²) in [5.74, 6) is -0.417. The SMILES string of the molecule is CC(C)CCNCC(C)Oc1cc(F)ccc1F. The smallest absolute Gasteiger partial charge is 0.165 e. The summed E-state index contributed by atoms with van der Waals surface area (Å²) >= 11 is 0. The number of benzene rings is 1. The first kappa shape index (κ1) is 14.9. The van der Waals surface area contributed by atoms with Gasteiger partial charge in [-0.1, -0.05) is 13.8 Å². The minimum absolute atomic E-state index is 0.0341. The lowest BCUT2D eigenvalue weighted by atomic mass is 10.1. The van der Waals surface area contributed by atoms with Crippen LogP contribution in [0.1, 0.15) is 27.2 Å². The van der Waals surface area contributed by atoms with E-state index in [1.54, 1.807) is 0 Å². The van der Waals surface area contributed by atoms with Crippen LogP contribution in [0, 0.1) is 17.6 Å². The minimum atomic E-state index is -0.537. The second kappa shape index (κ2) is 7.31. The third-order valence-corrected chi connectivity index (χ3v) is 2.55. The molecule has 0 aliphatic carbocycles. The van der Waals surface area contributed by atoms with E-state index in [4.69, 9.17) is 4.74 Å². The summed E-state index contributed by atoms with van der Waals surface area (Å²) in [5.41, 5.74) is 0. The van der Waals surface area contributed by atoms with Gasteiger partial charge in [0.1, 0.15) is 11.9 Å². The van der Waals surface area contributed by atoms with E-state index in [1.807, 2.05) is 6.92 Å². The van der Waals surface area contributed by atoms with Crippen LogP contribution in [0.3, 0.4) is 0 Å². The zero-order chi connectivity index (χ0) is 13.5. The molecule has 18 heavy (non-hydrogen) atoms. The molecule has 1 rings (SSSR count). The molecule has 0 aliphatic rings. The van der Waals surface area contributed by atoms with Crippen LogP contribution in [0.15, 0.2) is 18.2 Å². The van der Waals surface area contributed by atoms with Crippen LogP contribution in [0.4, 0.5) is 8.78 Å². The Morgan fingerprint density at radius 2 is 1.94 bits per heavy atom. The summed E-state index contributed by atoms with van der Waals surface area (Å²) in [6, 6.07) is 3.22. The fraction of sp³-hybridized carbons (Fsp3) is 0.571. The fourth-order valence-corrected chi connectivity index (χ4v) is 1.52. The van der Waals surface area contributed by atoms with Gasteiger partial charge in [-0.2, -0.15) is 0 Å². The van der Waals surface area contributed by atoms with Gasteiger partial charge in [-0.05, 0) is 37.9 Å². The Hall–Kier alpha value is -1.16. The Labute approximate surface area is 107 Å². The van der Waals surface area contributed by atoms with Crippen molar-refractivity contribution < 1.29 is 13.5 Å². The van der Waals surface area contributed by atoms with Gasteiger partial charge < -0.3 is 10.1 Å². The normalized spacial score (nSPS) is 12.8. The van der Waals surface area contributed by atoms with E-state index in [9.17, 15) is 8.78 Å². The molecule has 0 saturated carbocycles. The maximum Gasteiger partial charge on any atom is 0.165 e. The standard InChI is InChI=1S/C14H21F2NO/c1-10(2)6-7-17-9-11(3)18-14-8-12(15)4-5-13(14)16/h4-5,8,10-11,17H,6-7,9H2,1-3H3. The predicted molar refractivity (Wildman–Crippen MR) is 68.8 cm³/mol. The van der Waals surface area contributed by atoms with Gasteiger partial charge in [0.2, 0.25) is 0 Å². The first-order chi connectivity index (χ1) is 8.49. The first-order valence-electron chi connectivity index (χ1n) is 6.31. The average molecular weight is 257 g/mol. The van der Waals surface area contributed by atoms with Crippen molar-refractivity contribution in [2.75, 3.05) is 13.1 Å². The van der Waals surface area contributed by atoms with Crippen LogP contribution in [0.25, 0.3) is 0 Å². The molecule has 1 atom stereocenters. The van der Waals surface area contributed by atoms with Gasteiger partial charge >= 0.3 is 0 Å². The highest BCUT2D eigenvalue weighted by Crippen LogP contribution is 2.19. The molecule has 1 unspecified atom stereocenters. The zero-order valence-corrected chi connectivity index (χ0v) is 11.2. The van der Waals surface area contributed by atoms with Crippen molar-refractivity contribution in [3.8, 4) is 5.75 Å². The molecular weight excluding hydrogens is 236 g/mol. The fourth-order valence-electron chi connectivity index (χ4n) is 1.52. The van der Waals surface area contributed by atoms with Crippen LogP contribution in [-0.4, -0.2) is 19.2 Å². The second-order valence-corrected chi connectivity index (χ2v) is 4.89. The van der Waals surface area contributed by atoms with Crippen molar-refractivity contribution in [1.82, 2.24) is 5.32 Å². The third-order valence-electron chi connectivity index (χ3n) is 2.55. The molecule has 2 nitrogen and oxygen atoms in total. The lowest BCUT2D eigenvalue weighted by Crippen LogP contribution is -2.30. The topological polar surface area (TPSA) is 21.3 Å². The third kappa shape index (κ3) is 5.45. The molecule has 4 heteroatoms. The summed E-state index contributed by atoms with van der Waals surface area (Å²) in [4.78, 5) is 0. The molecule has 0 spiro atoms. The van der Waals surface area contributed by atoms with Crippen molar-refractivity contribution in [1.29, 1.82) is 0 Å². The number of ether oxygens (including phenoxy) is 1. The summed E-state index contributed by atoms with van der Waals surface area (Å²) in [6.45, 7) is 7.65. The maximum absolute atomic E-state index is 13.3. The molecule has 0 amide bonds. The van der Waals surface area contributed by atoms with Crippen molar-refractivity contribution in [3.63, 3.8) is 0 Å².